The molecule has 0 bridgehead atoms. The molecule has 2 N–H and O–H groups in total. The third-order valence-corrected chi connectivity index (χ3v) is 4.99. The van der Waals surface area contributed by atoms with Gasteiger partial charge in [0.25, 0.3) is 15.9 Å². The van der Waals surface area contributed by atoms with Crippen molar-refractivity contribution in [2.75, 3.05) is 4.72 Å². The minimum Gasteiger partial charge on any atom is -0.350 e. The van der Waals surface area contributed by atoms with Crippen LogP contribution in [0.25, 0.3) is 0 Å². The number of rotatable bonds is 6. The Morgan fingerprint density at radius 2 is 1.72 bits per heavy atom. The van der Waals surface area contributed by atoms with E-state index < -0.39 is 21.7 Å². The third kappa shape index (κ3) is 4.76. The quantitative estimate of drug-likeness (QED) is 0.822. The molecule has 25 heavy (non-hydrogen) atoms. The van der Waals surface area contributed by atoms with Gasteiger partial charge in [0.15, 0.2) is 11.6 Å². The maximum atomic E-state index is 13.2. The van der Waals surface area contributed by atoms with Crippen molar-refractivity contribution in [3.63, 3.8) is 0 Å². The molecule has 0 saturated carbocycles. The topological polar surface area (TPSA) is 75.3 Å². The predicted octanol–water partition coefficient (Wildman–Crippen LogP) is 3.29. The molecule has 0 aliphatic rings. The van der Waals surface area contributed by atoms with Crippen LogP contribution in [-0.2, 0) is 10.0 Å². The van der Waals surface area contributed by atoms with E-state index in [0.717, 1.165) is 24.6 Å². The van der Waals surface area contributed by atoms with Gasteiger partial charge in [0, 0.05) is 17.7 Å². The number of carbonyl (C=O) groups excluding carboxylic acids is 1. The van der Waals surface area contributed by atoms with Crippen LogP contribution in [0.2, 0.25) is 0 Å². The molecular weight excluding hydrogens is 350 g/mol. The van der Waals surface area contributed by atoms with Gasteiger partial charge in [0.1, 0.15) is 0 Å². The Morgan fingerprint density at radius 1 is 1.08 bits per heavy atom. The van der Waals surface area contributed by atoms with Crippen LogP contribution in [0.5, 0.6) is 0 Å². The molecule has 1 amide bonds. The maximum absolute atomic E-state index is 13.2. The molecule has 8 heteroatoms. The first-order valence-electron chi connectivity index (χ1n) is 7.61. The van der Waals surface area contributed by atoms with Gasteiger partial charge >= 0.3 is 0 Å². The number of carbonyl (C=O) groups is 1. The monoisotopic (exact) mass is 368 g/mol. The fraction of sp³-hybridized carbons (Fsp3) is 0.235. The second-order valence-corrected chi connectivity index (χ2v) is 7.22. The van der Waals surface area contributed by atoms with Crippen LogP contribution in [0, 0.1) is 11.6 Å². The molecule has 2 rings (SSSR count). The summed E-state index contributed by atoms with van der Waals surface area (Å²) in [4.78, 5) is 11.9. The van der Waals surface area contributed by atoms with Crippen molar-refractivity contribution >= 4 is 21.6 Å². The van der Waals surface area contributed by atoms with Gasteiger partial charge in [0.05, 0.1) is 10.6 Å². The molecule has 0 aromatic heterocycles. The summed E-state index contributed by atoms with van der Waals surface area (Å²) in [6.07, 6.45) is 0.774. The zero-order valence-corrected chi connectivity index (χ0v) is 14.5. The van der Waals surface area contributed by atoms with Crippen molar-refractivity contribution < 1.29 is 22.0 Å². The lowest BCUT2D eigenvalue weighted by atomic mass is 10.2. The highest BCUT2D eigenvalue weighted by atomic mass is 32.2. The van der Waals surface area contributed by atoms with Crippen LogP contribution < -0.4 is 10.0 Å². The molecule has 0 heterocycles. The number of halogens is 2. The van der Waals surface area contributed by atoms with Gasteiger partial charge < -0.3 is 5.32 Å². The Kier molecular flexibility index (Phi) is 5.73. The van der Waals surface area contributed by atoms with Crippen molar-refractivity contribution in [3.8, 4) is 0 Å². The molecule has 0 saturated heterocycles. The van der Waals surface area contributed by atoms with Gasteiger partial charge in [0.2, 0.25) is 0 Å². The second kappa shape index (κ2) is 7.60. The number of hydrogen-bond acceptors (Lipinski definition) is 3. The van der Waals surface area contributed by atoms with Gasteiger partial charge in [-0.15, -0.1) is 0 Å². The zero-order chi connectivity index (χ0) is 18.6. The van der Waals surface area contributed by atoms with E-state index in [2.05, 4.69) is 10.0 Å². The minimum absolute atomic E-state index is 0.00551. The lowest BCUT2D eigenvalue weighted by Crippen LogP contribution is -2.31. The minimum atomic E-state index is -3.98. The van der Waals surface area contributed by atoms with E-state index >= 15 is 0 Å². The molecule has 0 fully saturated rings. The highest BCUT2D eigenvalue weighted by Crippen LogP contribution is 2.19. The van der Waals surface area contributed by atoms with Crippen LogP contribution in [0.3, 0.4) is 0 Å². The number of nitrogens with one attached hydrogen (secondary N) is 2. The zero-order valence-electron chi connectivity index (χ0n) is 13.7. The molecule has 1 atom stereocenters. The molecule has 1 unspecified atom stereocenters. The summed E-state index contributed by atoms with van der Waals surface area (Å²) >= 11 is 0. The van der Waals surface area contributed by atoms with Gasteiger partial charge in [-0.2, -0.15) is 0 Å². The molecular formula is C17H18F2N2O3S. The Bertz CT molecular complexity index is 868. The summed E-state index contributed by atoms with van der Waals surface area (Å²) in [5.74, 6) is -2.52. The number of anilines is 1. The number of amides is 1. The molecule has 0 aliphatic carbocycles. The van der Waals surface area contributed by atoms with Crippen LogP contribution in [0.4, 0.5) is 14.5 Å². The SMILES string of the molecule is CCC(C)NC(=O)c1ccc(S(=O)(=O)Nc2ccc(F)c(F)c2)cc1. The molecule has 0 aliphatic heterocycles. The van der Waals surface area contributed by atoms with E-state index in [9.17, 15) is 22.0 Å². The highest BCUT2D eigenvalue weighted by molar-refractivity contribution is 7.92. The average molecular weight is 368 g/mol. The molecule has 0 radical (unpaired) electrons. The Hall–Kier alpha value is -2.48. The molecule has 2 aromatic rings. The van der Waals surface area contributed by atoms with Crippen molar-refractivity contribution in [1.82, 2.24) is 5.32 Å². The van der Waals surface area contributed by atoms with E-state index in [0.29, 0.717) is 5.56 Å². The summed E-state index contributed by atoms with van der Waals surface area (Å²) in [6, 6.07) is 8.02. The lowest BCUT2D eigenvalue weighted by molar-refractivity contribution is 0.0939. The summed E-state index contributed by atoms with van der Waals surface area (Å²) in [5.41, 5.74) is 0.226. The van der Waals surface area contributed by atoms with Gasteiger partial charge in [-0.3, -0.25) is 9.52 Å². The van der Waals surface area contributed by atoms with Gasteiger partial charge in [-0.25, -0.2) is 17.2 Å². The van der Waals surface area contributed by atoms with E-state index in [1.807, 2.05) is 13.8 Å². The Balaban J connectivity index is 2.17. The predicted molar refractivity (Wildman–Crippen MR) is 90.8 cm³/mol. The summed E-state index contributed by atoms with van der Waals surface area (Å²) in [5, 5.41) is 2.77. The van der Waals surface area contributed by atoms with Crippen LogP contribution in [0.15, 0.2) is 47.4 Å². The number of hydrogen-bond donors (Lipinski definition) is 2. The van der Waals surface area contributed by atoms with Crippen molar-refractivity contribution in [1.29, 1.82) is 0 Å². The average Bonchev–Trinajstić information content (AvgIpc) is 2.58. The van der Waals surface area contributed by atoms with Crippen LogP contribution in [0.1, 0.15) is 30.6 Å². The summed E-state index contributed by atoms with van der Waals surface area (Å²) in [6.45, 7) is 3.80. The van der Waals surface area contributed by atoms with Crippen molar-refractivity contribution in [2.45, 2.75) is 31.2 Å². The van der Waals surface area contributed by atoms with Gasteiger partial charge in [-0.1, -0.05) is 6.92 Å². The fourth-order valence-corrected chi connectivity index (χ4v) is 3.02. The summed E-state index contributed by atoms with van der Waals surface area (Å²) in [7, 11) is -3.98. The number of sulfonamides is 1. The first-order valence-corrected chi connectivity index (χ1v) is 9.10. The Morgan fingerprint density at radius 3 is 2.28 bits per heavy atom. The largest absolute Gasteiger partial charge is 0.350 e. The second-order valence-electron chi connectivity index (χ2n) is 5.54. The standard InChI is InChI=1S/C17H18F2N2O3S/c1-3-11(2)20-17(22)12-4-7-14(8-5-12)25(23,24)21-13-6-9-15(18)16(19)10-13/h4-11,21H,3H2,1-2H3,(H,20,22). The number of benzene rings is 2. The van der Waals surface area contributed by atoms with Crippen molar-refractivity contribution in [2.24, 2.45) is 0 Å². The maximum Gasteiger partial charge on any atom is 0.261 e. The molecule has 5 nitrogen and oxygen atoms in total. The van der Waals surface area contributed by atoms with Crippen molar-refractivity contribution in [3.05, 3.63) is 59.7 Å². The van der Waals surface area contributed by atoms with E-state index in [1.165, 1.54) is 24.3 Å². The van der Waals surface area contributed by atoms with E-state index in [-0.39, 0.29) is 22.5 Å². The first-order chi connectivity index (χ1) is 11.7. The molecule has 2 aromatic carbocycles. The van der Waals surface area contributed by atoms with Crippen LogP contribution in [-0.4, -0.2) is 20.4 Å². The lowest BCUT2D eigenvalue weighted by Gasteiger charge is -2.12. The highest BCUT2D eigenvalue weighted by Gasteiger charge is 2.16. The van der Waals surface area contributed by atoms with Crippen LogP contribution >= 0.6 is 0 Å². The first kappa shape index (κ1) is 18.9. The van der Waals surface area contributed by atoms with E-state index in [4.69, 9.17) is 0 Å². The normalized spacial score (nSPS) is 12.5. The summed E-state index contributed by atoms with van der Waals surface area (Å²) < 4.78 is 52.8. The molecule has 0 spiro atoms. The van der Waals surface area contributed by atoms with Gasteiger partial charge in [-0.05, 0) is 49.7 Å². The molecule has 134 valence electrons. The Labute approximate surface area is 145 Å². The smallest absolute Gasteiger partial charge is 0.261 e. The van der Waals surface area contributed by atoms with E-state index in [1.54, 1.807) is 0 Å². The third-order valence-electron chi connectivity index (χ3n) is 3.59. The fourth-order valence-electron chi connectivity index (χ4n) is 1.97.